The van der Waals surface area contributed by atoms with Crippen molar-refractivity contribution in [1.82, 2.24) is 5.32 Å². The van der Waals surface area contributed by atoms with Crippen LogP contribution in [0, 0.1) is 5.41 Å². The van der Waals surface area contributed by atoms with Gasteiger partial charge in [0.05, 0.1) is 0 Å². The van der Waals surface area contributed by atoms with E-state index in [4.69, 9.17) is 11.6 Å². The molecule has 0 saturated heterocycles. The zero-order valence-electron chi connectivity index (χ0n) is 10.2. The Morgan fingerprint density at radius 1 is 1.44 bits per heavy atom. The molecule has 100 valence electrons. The zero-order valence-corrected chi connectivity index (χ0v) is 10.9. The molecule has 0 aromatic heterocycles. The molecule has 0 atom stereocenters. The van der Waals surface area contributed by atoms with Crippen LogP contribution in [0.3, 0.4) is 0 Å². The van der Waals surface area contributed by atoms with Crippen LogP contribution >= 0.6 is 11.6 Å². The average Bonchev–Trinajstić information content (AvgIpc) is 3.00. The molecule has 0 bridgehead atoms. The predicted octanol–water partition coefficient (Wildman–Crippen LogP) is 3.83. The summed E-state index contributed by atoms with van der Waals surface area (Å²) >= 11 is 5.86. The number of hydrogen-bond acceptors (Lipinski definition) is 2. The standard InChI is InChI=1S/C13H16ClF2NO/c1-13(4-5-13)8-17-7-9-6-10(14)2-3-11(9)18-12(15)16/h2-3,6,12,17H,4-5,7-8H2,1H3. The number of alkyl halides is 2. The van der Waals surface area contributed by atoms with E-state index < -0.39 is 6.61 Å². The van der Waals surface area contributed by atoms with Gasteiger partial charge in [0.2, 0.25) is 0 Å². The Bertz CT molecular complexity index is 421. The zero-order chi connectivity index (χ0) is 13.2. The summed E-state index contributed by atoms with van der Waals surface area (Å²) in [6.07, 6.45) is 2.44. The quantitative estimate of drug-likeness (QED) is 0.852. The number of benzene rings is 1. The molecule has 2 nitrogen and oxygen atoms in total. The minimum atomic E-state index is -2.81. The van der Waals surface area contributed by atoms with Crippen molar-refractivity contribution in [3.05, 3.63) is 28.8 Å². The third-order valence-corrected chi connectivity index (χ3v) is 3.44. The summed E-state index contributed by atoms with van der Waals surface area (Å²) in [6.45, 7) is 0.756. The Labute approximate surface area is 110 Å². The first-order valence-corrected chi connectivity index (χ1v) is 6.30. The van der Waals surface area contributed by atoms with Crippen molar-refractivity contribution >= 4 is 11.6 Å². The molecule has 1 aliphatic carbocycles. The van der Waals surface area contributed by atoms with Gasteiger partial charge in [-0.05, 0) is 36.5 Å². The second-order valence-electron chi connectivity index (χ2n) is 5.04. The van der Waals surface area contributed by atoms with Gasteiger partial charge in [-0.2, -0.15) is 8.78 Å². The van der Waals surface area contributed by atoms with Crippen molar-refractivity contribution in [3.63, 3.8) is 0 Å². The molecule has 1 aromatic carbocycles. The van der Waals surface area contributed by atoms with Gasteiger partial charge in [-0.1, -0.05) is 18.5 Å². The van der Waals surface area contributed by atoms with E-state index >= 15 is 0 Å². The molecule has 0 amide bonds. The number of nitrogens with one attached hydrogen (secondary N) is 1. The average molecular weight is 276 g/mol. The second-order valence-corrected chi connectivity index (χ2v) is 5.48. The van der Waals surface area contributed by atoms with Crippen molar-refractivity contribution in [3.8, 4) is 5.75 Å². The van der Waals surface area contributed by atoms with E-state index in [1.807, 2.05) is 0 Å². The van der Waals surface area contributed by atoms with Gasteiger partial charge in [-0.15, -0.1) is 0 Å². The van der Waals surface area contributed by atoms with E-state index in [9.17, 15) is 8.78 Å². The molecule has 0 aliphatic heterocycles. The van der Waals surface area contributed by atoms with Crippen LogP contribution < -0.4 is 10.1 Å². The van der Waals surface area contributed by atoms with E-state index in [0.717, 1.165) is 6.54 Å². The van der Waals surface area contributed by atoms with Gasteiger partial charge in [-0.25, -0.2) is 0 Å². The molecular weight excluding hydrogens is 260 g/mol. The van der Waals surface area contributed by atoms with Crippen LogP contribution in [0.25, 0.3) is 0 Å². The Morgan fingerprint density at radius 3 is 2.78 bits per heavy atom. The van der Waals surface area contributed by atoms with Crippen LogP contribution in [0.4, 0.5) is 8.78 Å². The second kappa shape index (κ2) is 5.41. The van der Waals surface area contributed by atoms with Crippen LogP contribution in [0.1, 0.15) is 25.3 Å². The molecule has 2 rings (SSSR count). The highest BCUT2D eigenvalue weighted by atomic mass is 35.5. The highest BCUT2D eigenvalue weighted by Gasteiger charge is 2.36. The Balaban J connectivity index is 1.97. The van der Waals surface area contributed by atoms with Crippen molar-refractivity contribution in [1.29, 1.82) is 0 Å². The van der Waals surface area contributed by atoms with Gasteiger partial charge in [0.25, 0.3) is 0 Å². The summed E-state index contributed by atoms with van der Waals surface area (Å²) in [5.41, 5.74) is 1.04. The smallest absolute Gasteiger partial charge is 0.387 e. The number of hydrogen-bond donors (Lipinski definition) is 1. The molecular formula is C13H16ClF2NO. The maximum atomic E-state index is 12.2. The molecule has 18 heavy (non-hydrogen) atoms. The topological polar surface area (TPSA) is 21.3 Å². The molecule has 5 heteroatoms. The molecule has 1 aliphatic rings. The van der Waals surface area contributed by atoms with Crippen molar-refractivity contribution < 1.29 is 13.5 Å². The van der Waals surface area contributed by atoms with Crippen LogP contribution in [-0.2, 0) is 6.54 Å². The summed E-state index contributed by atoms with van der Waals surface area (Å²) in [7, 11) is 0. The van der Waals surface area contributed by atoms with Crippen LogP contribution in [0.15, 0.2) is 18.2 Å². The van der Waals surface area contributed by atoms with E-state index in [2.05, 4.69) is 17.0 Å². The van der Waals surface area contributed by atoms with E-state index in [0.29, 0.717) is 22.5 Å². The highest BCUT2D eigenvalue weighted by molar-refractivity contribution is 6.30. The monoisotopic (exact) mass is 275 g/mol. The minimum absolute atomic E-state index is 0.183. The first-order valence-electron chi connectivity index (χ1n) is 5.92. The van der Waals surface area contributed by atoms with Crippen molar-refractivity contribution in [2.24, 2.45) is 5.41 Å². The molecule has 0 unspecified atom stereocenters. The van der Waals surface area contributed by atoms with Gasteiger partial charge in [-0.3, -0.25) is 0 Å². The van der Waals surface area contributed by atoms with Gasteiger partial charge in [0.1, 0.15) is 5.75 Å². The van der Waals surface area contributed by atoms with Crippen molar-refractivity contribution in [2.45, 2.75) is 32.9 Å². The number of halogens is 3. The van der Waals surface area contributed by atoms with Crippen LogP contribution in [0.2, 0.25) is 5.02 Å². The molecule has 1 N–H and O–H groups in total. The van der Waals surface area contributed by atoms with E-state index in [-0.39, 0.29) is 5.75 Å². The summed E-state index contributed by atoms with van der Waals surface area (Å²) in [4.78, 5) is 0. The van der Waals surface area contributed by atoms with Gasteiger partial charge >= 0.3 is 6.61 Å². The fourth-order valence-electron chi connectivity index (χ4n) is 1.79. The fraction of sp³-hybridized carbons (Fsp3) is 0.538. The fourth-order valence-corrected chi connectivity index (χ4v) is 1.98. The van der Waals surface area contributed by atoms with Crippen LogP contribution in [-0.4, -0.2) is 13.2 Å². The summed E-state index contributed by atoms with van der Waals surface area (Å²) in [5.74, 6) is 0.183. The van der Waals surface area contributed by atoms with Crippen molar-refractivity contribution in [2.75, 3.05) is 6.54 Å². The number of ether oxygens (including phenoxy) is 1. The summed E-state index contributed by atoms with van der Waals surface area (Å²) in [5, 5.41) is 3.78. The largest absolute Gasteiger partial charge is 0.434 e. The van der Waals surface area contributed by atoms with Gasteiger partial charge in [0, 0.05) is 23.7 Å². The maximum Gasteiger partial charge on any atom is 0.387 e. The highest BCUT2D eigenvalue weighted by Crippen LogP contribution is 2.44. The molecule has 0 radical (unpaired) electrons. The van der Waals surface area contributed by atoms with Gasteiger partial charge in [0.15, 0.2) is 0 Å². The Morgan fingerprint density at radius 2 is 2.17 bits per heavy atom. The summed E-state index contributed by atoms with van der Waals surface area (Å²) < 4.78 is 29.0. The lowest BCUT2D eigenvalue weighted by Gasteiger charge is -2.14. The van der Waals surface area contributed by atoms with E-state index in [1.54, 1.807) is 12.1 Å². The van der Waals surface area contributed by atoms with Gasteiger partial charge < -0.3 is 10.1 Å². The lowest BCUT2D eigenvalue weighted by molar-refractivity contribution is -0.0505. The third kappa shape index (κ3) is 3.82. The minimum Gasteiger partial charge on any atom is -0.434 e. The SMILES string of the molecule is CC1(CNCc2cc(Cl)ccc2OC(F)F)CC1. The predicted molar refractivity (Wildman–Crippen MR) is 67.1 cm³/mol. The number of rotatable bonds is 6. The Hall–Kier alpha value is -0.870. The summed E-state index contributed by atoms with van der Waals surface area (Å²) in [6, 6.07) is 4.68. The van der Waals surface area contributed by atoms with E-state index in [1.165, 1.54) is 18.9 Å². The lowest BCUT2D eigenvalue weighted by atomic mass is 10.1. The maximum absolute atomic E-state index is 12.2. The molecule has 1 fully saturated rings. The first kappa shape index (κ1) is 13.6. The Kier molecular flexibility index (Phi) is 4.07. The third-order valence-electron chi connectivity index (χ3n) is 3.21. The molecule has 1 aromatic rings. The molecule has 1 saturated carbocycles. The molecule has 0 spiro atoms. The lowest BCUT2D eigenvalue weighted by Crippen LogP contribution is -2.22. The normalized spacial score (nSPS) is 16.9. The van der Waals surface area contributed by atoms with Crippen LogP contribution in [0.5, 0.6) is 5.75 Å². The first-order chi connectivity index (χ1) is 8.48. The molecule has 0 heterocycles.